The molecule has 24 heavy (non-hydrogen) atoms. The molecule has 134 valence electrons. The van der Waals surface area contributed by atoms with Crippen molar-refractivity contribution in [1.82, 2.24) is 15.2 Å². The quantitative estimate of drug-likeness (QED) is 0.899. The van der Waals surface area contributed by atoms with Crippen LogP contribution in [-0.2, 0) is 11.3 Å². The molecule has 0 radical (unpaired) electrons. The number of rotatable bonds is 5. The van der Waals surface area contributed by atoms with Crippen molar-refractivity contribution >= 4 is 0 Å². The van der Waals surface area contributed by atoms with Crippen LogP contribution in [0.3, 0.4) is 0 Å². The SMILES string of the molecule is CC1(C)CC(N(Cc2cccnc2)C[C@H]2CCOC2)CC(C)(C)N1. The van der Waals surface area contributed by atoms with Crippen LogP contribution in [0.15, 0.2) is 24.5 Å². The van der Waals surface area contributed by atoms with Gasteiger partial charge in [-0.15, -0.1) is 0 Å². The minimum Gasteiger partial charge on any atom is -0.381 e. The van der Waals surface area contributed by atoms with Gasteiger partial charge in [-0.25, -0.2) is 0 Å². The number of nitrogens with zero attached hydrogens (tertiary/aromatic N) is 2. The van der Waals surface area contributed by atoms with E-state index in [1.807, 2.05) is 18.5 Å². The summed E-state index contributed by atoms with van der Waals surface area (Å²) in [5.41, 5.74) is 1.66. The lowest BCUT2D eigenvalue weighted by Gasteiger charge is -2.50. The topological polar surface area (TPSA) is 37.4 Å². The molecule has 0 saturated carbocycles. The van der Waals surface area contributed by atoms with Crippen LogP contribution in [0.1, 0.15) is 52.5 Å². The molecule has 2 fully saturated rings. The van der Waals surface area contributed by atoms with E-state index in [1.165, 1.54) is 24.8 Å². The Morgan fingerprint density at radius 1 is 1.25 bits per heavy atom. The van der Waals surface area contributed by atoms with Crippen molar-refractivity contribution in [1.29, 1.82) is 0 Å². The average Bonchev–Trinajstić information content (AvgIpc) is 2.97. The van der Waals surface area contributed by atoms with Crippen LogP contribution in [0.2, 0.25) is 0 Å². The first-order valence-corrected chi connectivity index (χ1v) is 9.33. The van der Waals surface area contributed by atoms with Crippen LogP contribution in [0.25, 0.3) is 0 Å². The second-order valence-electron chi connectivity index (χ2n) is 8.98. The van der Waals surface area contributed by atoms with Gasteiger partial charge in [-0.1, -0.05) is 6.07 Å². The molecule has 4 nitrogen and oxygen atoms in total. The lowest BCUT2D eigenvalue weighted by molar-refractivity contribution is 0.0492. The van der Waals surface area contributed by atoms with Crippen molar-refractivity contribution in [2.45, 2.75) is 70.6 Å². The van der Waals surface area contributed by atoms with Crippen molar-refractivity contribution in [2.24, 2.45) is 5.92 Å². The van der Waals surface area contributed by atoms with E-state index in [-0.39, 0.29) is 11.1 Å². The van der Waals surface area contributed by atoms with Crippen LogP contribution >= 0.6 is 0 Å². The van der Waals surface area contributed by atoms with Crippen molar-refractivity contribution in [3.63, 3.8) is 0 Å². The zero-order chi connectivity index (χ0) is 17.2. The highest BCUT2D eigenvalue weighted by Gasteiger charge is 2.40. The summed E-state index contributed by atoms with van der Waals surface area (Å²) in [5.74, 6) is 0.669. The molecule has 2 saturated heterocycles. The Hall–Kier alpha value is -0.970. The van der Waals surface area contributed by atoms with E-state index in [9.17, 15) is 0 Å². The molecule has 2 aliphatic rings. The molecule has 0 spiro atoms. The number of aromatic nitrogens is 1. The Morgan fingerprint density at radius 2 is 2.00 bits per heavy atom. The van der Waals surface area contributed by atoms with Gasteiger partial charge in [0.05, 0.1) is 6.61 Å². The van der Waals surface area contributed by atoms with Crippen LogP contribution in [0.5, 0.6) is 0 Å². The molecular formula is C20H33N3O. The molecule has 3 heterocycles. The Kier molecular flexibility index (Phi) is 5.28. The predicted octanol–water partition coefficient (Wildman–Crippen LogP) is 3.23. The first-order valence-electron chi connectivity index (χ1n) is 9.33. The maximum absolute atomic E-state index is 5.63. The molecule has 4 heteroatoms. The van der Waals surface area contributed by atoms with Crippen LogP contribution in [-0.4, -0.2) is 46.8 Å². The fourth-order valence-corrected chi connectivity index (χ4v) is 4.65. The van der Waals surface area contributed by atoms with Crippen molar-refractivity contribution in [3.05, 3.63) is 30.1 Å². The summed E-state index contributed by atoms with van der Waals surface area (Å²) in [5, 5.41) is 3.81. The van der Waals surface area contributed by atoms with Crippen LogP contribution in [0.4, 0.5) is 0 Å². The van der Waals surface area contributed by atoms with E-state index in [1.54, 1.807) is 0 Å². The molecule has 1 atom stereocenters. The summed E-state index contributed by atoms with van der Waals surface area (Å²) in [4.78, 5) is 7.00. The lowest BCUT2D eigenvalue weighted by atomic mass is 9.78. The molecule has 0 unspecified atom stereocenters. The first kappa shape index (κ1) is 17.8. The average molecular weight is 332 g/mol. The Morgan fingerprint density at radius 3 is 2.58 bits per heavy atom. The van der Waals surface area contributed by atoms with Gasteiger partial charge in [0.15, 0.2) is 0 Å². The molecule has 0 aliphatic carbocycles. The van der Waals surface area contributed by atoms with Gasteiger partial charge in [-0.05, 0) is 64.5 Å². The number of ether oxygens (including phenoxy) is 1. The van der Waals surface area contributed by atoms with Gasteiger partial charge >= 0.3 is 0 Å². The van der Waals surface area contributed by atoms with Crippen molar-refractivity contribution in [3.8, 4) is 0 Å². The van der Waals surface area contributed by atoms with Gasteiger partial charge in [0, 0.05) is 49.2 Å². The summed E-state index contributed by atoms with van der Waals surface area (Å²) >= 11 is 0. The number of pyridine rings is 1. The summed E-state index contributed by atoms with van der Waals surface area (Å²) in [6, 6.07) is 4.84. The second kappa shape index (κ2) is 7.11. The normalized spacial score (nSPS) is 26.8. The Bertz CT molecular complexity index is 507. The lowest BCUT2D eigenvalue weighted by Crippen LogP contribution is -2.62. The molecule has 1 aromatic heterocycles. The number of hydrogen-bond acceptors (Lipinski definition) is 4. The van der Waals surface area contributed by atoms with Crippen LogP contribution in [0, 0.1) is 5.92 Å². The smallest absolute Gasteiger partial charge is 0.0507 e. The highest BCUT2D eigenvalue weighted by atomic mass is 16.5. The minimum atomic E-state index is 0.172. The maximum atomic E-state index is 5.63. The Balaban J connectivity index is 1.77. The zero-order valence-corrected chi connectivity index (χ0v) is 15.7. The molecule has 1 aromatic rings. The van der Waals surface area contributed by atoms with E-state index in [2.05, 4.69) is 49.0 Å². The predicted molar refractivity (Wildman–Crippen MR) is 97.9 cm³/mol. The van der Waals surface area contributed by atoms with Gasteiger partial charge in [-0.2, -0.15) is 0 Å². The van der Waals surface area contributed by atoms with Gasteiger partial charge in [-0.3, -0.25) is 9.88 Å². The van der Waals surface area contributed by atoms with Gasteiger partial charge in [0.1, 0.15) is 0 Å². The largest absolute Gasteiger partial charge is 0.381 e. The van der Waals surface area contributed by atoms with E-state index >= 15 is 0 Å². The van der Waals surface area contributed by atoms with E-state index in [0.717, 1.165) is 26.3 Å². The molecular weight excluding hydrogens is 298 g/mol. The fourth-order valence-electron chi connectivity index (χ4n) is 4.65. The van der Waals surface area contributed by atoms with Crippen LogP contribution < -0.4 is 5.32 Å². The minimum absolute atomic E-state index is 0.172. The van der Waals surface area contributed by atoms with E-state index in [4.69, 9.17) is 4.74 Å². The summed E-state index contributed by atoms with van der Waals surface area (Å²) in [6.45, 7) is 13.3. The summed E-state index contributed by atoms with van der Waals surface area (Å²) in [6.07, 6.45) is 7.43. The number of hydrogen-bond donors (Lipinski definition) is 1. The highest BCUT2D eigenvalue weighted by molar-refractivity contribution is 5.09. The third-order valence-corrected chi connectivity index (χ3v) is 5.31. The zero-order valence-electron chi connectivity index (χ0n) is 15.7. The maximum Gasteiger partial charge on any atom is 0.0507 e. The molecule has 0 aromatic carbocycles. The number of nitrogens with one attached hydrogen (secondary N) is 1. The van der Waals surface area contributed by atoms with Gasteiger partial charge < -0.3 is 10.1 Å². The fraction of sp³-hybridized carbons (Fsp3) is 0.750. The molecule has 1 N–H and O–H groups in total. The molecule has 0 amide bonds. The van der Waals surface area contributed by atoms with Gasteiger partial charge in [0.2, 0.25) is 0 Å². The monoisotopic (exact) mass is 331 g/mol. The molecule has 0 bridgehead atoms. The molecule has 2 aliphatic heterocycles. The standard InChI is InChI=1S/C20H33N3O/c1-19(2)10-18(11-20(3,4)22-19)23(14-17-7-9-24-15-17)13-16-6-5-8-21-12-16/h5-6,8,12,17-18,22H,7,9-11,13-15H2,1-4H3/t17-/m1/s1. The second-order valence-corrected chi connectivity index (χ2v) is 8.98. The third kappa shape index (κ3) is 4.78. The van der Waals surface area contributed by atoms with E-state index in [0.29, 0.717) is 12.0 Å². The van der Waals surface area contributed by atoms with Gasteiger partial charge in [0.25, 0.3) is 0 Å². The van der Waals surface area contributed by atoms with Crippen molar-refractivity contribution in [2.75, 3.05) is 19.8 Å². The summed E-state index contributed by atoms with van der Waals surface area (Å²) in [7, 11) is 0. The summed E-state index contributed by atoms with van der Waals surface area (Å²) < 4.78 is 5.63. The number of piperidine rings is 1. The highest BCUT2D eigenvalue weighted by Crippen LogP contribution is 2.33. The third-order valence-electron chi connectivity index (χ3n) is 5.31. The van der Waals surface area contributed by atoms with E-state index < -0.39 is 0 Å². The first-order chi connectivity index (χ1) is 11.3. The van der Waals surface area contributed by atoms with Crippen molar-refractivity contribution < 1.29 is 4.74 Å². The Labute approximate surface area is 147 Å². The molecule has 3 rings (SSSR count).